The first-order valence-electron chi connectivity index (χ1n) is 7.86. The predicted octanol–water partition coefficient (Wildman–Crippen LogP) is 2.06. The molecule has 2 amide bonds. The summed E-state index contributed by atoms with van der Waals surface area (Å²) in [4.78, 5) is 26.2. The van der Waals surface area contributed by atoms with Crippen LogP contribution in [0.3, 0.4) is 0 Å². The third kappa shape index (κ3) is 3.63. The minimum Gasteiger partial charge on any atom is -0.356 e. The summed E-state index contributed by atoms with van der Waals surface area (Å²) in [5.41, 5.74) is 0.731. The highest BCUT2D eigenvalue weighted by atomic mass is 16.2. The molecule has 2 fully saturated rings. The van der Waals surface area contributed by atoms with Crippen LogP contribution in [0.1, 0.15) is 36.0 Å². The molecule has 1 aromatic rings. The van der Waals surface area contributed by atoms with E-state index in [4.69, 9.17) is 0 Å². The van der Waals surface area contributed by atoms with Crippen LogP contribution < -0.4 is 5.32 Å². The smallest absolute Gasteiger partial charge is 0.253 e. The van der Waals surface area contributed by atoms with Crippen molar-refractivity contribution < 1.29 is 9.59 Å². The molecule has 4 nitrogen and oxygen atoms in total. The van der Waals surface area contributed by atoms with Crippen LogP contribution in [0.25, 0.3) is 0 Å². The van der Waals surface area contributed by atoms with E-state index in [0.29, 0.717) is 19.0 Å². The van der Waals surface area contributed by atoms with Crippen LogP contribution in [0.15, 0.2) is 30.3 Å². The normalized spacial score (nSPS) is 19.3. The molecule has 1 saturated carbocycles. The van der Waals surface area contributed by atoms with Gasteiger partial charge >= 0.3 is 0 Å². The Labute approximate surface area is 125 Å². The molecule has 1 aromatic carbocycles. The van der Waals surface area contributed by atoms with Crippen molar-refractivity contribution in [1.29, 1.82) is 0 Å². The molecule has 1 saturated heterocycles. The quantitative estimate of drug-likeness (QED) is 0.921. The van der Waals surface area contributed by atoms with Gasteiger partial charge in [-0.2, -0.15) is 0 Å². The molecule has 1 N–H and O–H groups in total. The number of nitrogens with one attached hydrogen (secondary N) is 1. The second-order valence-corrected chi connectivity index (χ2v) is 6.12. The van der Waals surface area contributed by atoms with E-state index in [1.165, 1.54) is 12.8 Å². The second-order valence-electron chi connectivity index (χ2n) is 6.12. The average Bonchev–Trinajstić information content (AvgIpc) is 3.37. The van der Waals surface area contributed by atoms with E-state index in [1.807, 2.05) is 35.2 Å². The van der Waals surface area contributed by atoms with E-state index in [-0.39, 0.29) is 17.7 Å². The molecular weight excluding hydrogens is 264 g/mol. The molecular formula is C17H22N2O2. The van der Waals surface area contributed by atoms with Gasteiger partial charge in [0.15, 0.2) is 0 Å². The maximum Gasteiger partial charge on any atom is 0.253 e. The van der Waals surface area contributed by atoms with Crippen LogP contribution >= 0.6 is 0 Å². The minimum absolute atomic E-state index is 0.0728. The summed E-state index contributed by atoms with van der Waals surface area (Å²) in [6, 6.07) is 9.36. The van der Waals surface area contributed by atoms with Gasteiger partial charge in [0.05, 0.1) is 0 Å². The minimum atomic E-state index is 0.0728. The van der Waals surface area contributed by atoms with Crippen molar-refractivity contribution in [3.63, 3.8) is 0 Å². The summed E-state index contributed by atoms with van der Waals surface area (Å²) in [7, 11) is 0. The summed E-state index contributed by atoms with van der Waals surface area (Å²) < 4.78 is 0. The number of benzene rings is 1. The van der Waals surface area contributed by atoms with E-state index < -0.39 is 0 Å². The Hall–Kier alpha value is -1.84. The Morgan fingerprint density at radius 1 is 1.05 bits per heavy atom. The summed E-state index contributed by atoms with van der Waals surface area (Å²) in [6.45, 7) is 2.19. The van der Waals surface area contributed by atoms with Crippen LogP contribution in [0, 0.1) is 11.8 Å². The summed E-state index contributed by atoms with van der Waals surface area (Å²) in [6.07, 6.45) is 4.05. The predicted molar refractivity (Wildman–Crippen MR) is 80.8 cm³/mol. The van der Waals surface area contributed by atoms with Gasteiger partial charge in [-0.15, -0.1) is 0 Å². The fourth-order valence-electron chi connectivity index (χ4n) is 2.82. The van der Waals surface area contributed by atoms with Gasteiger partial charge in [0, 0.05) is 31.1 Å². The lowest BCUT2D eigenvalue weighted by atomic mass is 9.95. The number of hydrogen-bond acceptors (Lipinski definition) is 2. The Bertz CT molecular complexity index is 503. The first-order chi connectivity index (χ1) is 10.2. The molecule has 112 valence electrons. The molecule has 0 bridgehead atoms. The summed E-state index contributed by atoms with van der Waals surface area (Å²) in [5, 5.41) is 3.05. The summed E-state index contributed by atoms with van der Waals surface area (Å²) in [5.74, 6) is 1.04. The standard InChI is InChI=1S/C17H22N2O2/c20-16(18-12-13-6-7-13)14-8-10-19(11-9-14)17(21)15-4-2-1-3-5-15/h1-5,13-14H,6-12H2,(H,18,20). The maximum atomic E-state index is 12.3. The number of likely N-dealkylation sites (tertiary alicyclic amines) is 1. The molecule has 1 aliphatic heterocycles. The largest absolute Gasteiger partial charge is 0.356 e. The van der Waals surface area contributed by atoms with Crippen molar-refractivity contribution in [1.82, 2.24) is 10.2 Å². The van der Waals surface area contributed by atoms with E-state index >= 15 is 0 Å². The van der Waals surface area contributed by atoms with E-state index in [9.17, 15) is 9.59 Å². The van der Waals surface area contributed by atoms with Gasteiger partial charge in [-0.1, -0.05) is 18.2 Å². The molecule has 21 heavy (non-hydrogen) atoms. The van der Waals surface area contributed by atoms with Gasteiger partial charge in [0.25, 0.3) is 5.91 Å². The zero-order valence-electron chi connectivity index (χ0n) is 12.3. The topological polar surface area (TPSA) is 49.4 Å². The second kappa shape index (κ2) is 6.29. The number of piperidine rings is 1. The van der Waals surface area contributed by atoms with Crippen LogP contribution in [-0.4, -0.2) is 36.3 Å². The Balaban J connectivity index is 1.48. The number of carbonyl (C=O) groups excluding carboxylic acids is 2. The number of carbonyl (C=O) groups is 2. The lowest BCUT2D eigenvalue weighted by Crippen LogP contribution is -2.43. The molecule has 3 rings (SSSR count). The molecule has 0 aromatic heterocycles. The van der Waals surface area contributed by atoms with Crippen LogP contribution in [-0.2, 0) is 4.79 Å². The van der Waals surface area contributed by atoms with Gasteiger partial charge in [-0.25, -0.2) is 0 Å². The molecule has 1 heterocycles. The highest BCUT2D eigenvalue weighted by Crippen LogP contribution is 2.28. The molecule has 0 spiro atoms. The maximum absolute atomic E-state index is 12.3. The van der Waals surface area contributed by atoms with Gasteiger partial charge in [-0.3, -0.25) is 9.59 Å². The van der Waals surface area contributed by atoms with Crippen molar-refractivity contribution in [2.45, 2.75) is 25.7 Å². The summed E-state index contributed by atoms with van der Waals surface area (Å²) >= 11 is 0. The fourth-order valence-corrected chi connectivity index (χ4v) is 2.82. The molecule has 2 aliphatic rings. The fraction of sp³-hybridized carbons (Fsp3) is 0.529. The van der Waals surface area contributed by atoms with E-state index in [0.717, 1.165) is 24.9 Å². The zero-order chi connectivity index (χ0) is 14.7. The number of rotatable bonds is 4. The zero-order valence-corrected chi connectivity index (χ0v) is 12.3. The average molecular weight is 286 g/mol. The third-order valence-corrected chi connectivity index (χ3v) is 4.44. The van der Waals surface area contributed by atoms with Crippen molar-refractivity contribution in [2.24, 2.45) is 11.8 Å². The van der Waals surface area contributed by atoms with Crippen LogP contribution in [0.2, 0.25) is 0 Å². The lowest BCUT2D eigenvalue weighted by Gasteiger charge is -2.31. The molecule has 4 heteroatoms. The number of hydrogen-bond donors (Lipinski definition) is 1. The van der Waals surface area contributed by atoms with Crippen molar-refractivity contribution in [2.75, 3.05) is 19.6 Å². The Morgan fingerprint density at radius 3 is 2.33 bits per heavy atom. The molecule has 0 unspecified atom stereocenters. The highest BCUT2D eigenvalue weighted by molar-refractivity contribution is 5.94. The molecule has 0 atom stereocenters. The van der Waals surface area contributed by atoms with Crippen molar-refractivity contribution in [3.05, 3.63) is 35.9 Å². The Morgan fingerprint density at radius 2 is 1.71 bits per heavy atom. The Kier molecular flexibility index (Phi) is 4.23. The van der Waals surface area contributed by atoms with Crippen molar-refractivity contribution in [3.8, 4) is 0 Å². The van der Waals surface area contributed by atoms with E-state index in [2.05, 4.69) is 5.32 Å². The molecule has 1 aliphatic carbocycles. The van der Waals surface area contributed by atoms with Gasteiger partial charge in [0.1, 0.15) is 0 Å². The lowest BCUT2D eigenvalue weighted by molar-refractivity contribution is -0.126. The van der Waals surface area contributed by atoms with Gasteiger partial charge in [-0.05, 0) is 43.7 Å². The van der Waals surface area contributed by atoms with E-state index in [1.54, 1.807) is 0 Å². The number of amides is 2. The highest BCUT2D eigenvalue weighted by Gasteiger charge is 2.29. The van der Waals surface area contributed by atoms with Crippen molar-refractivity contribution >= 4 is 11.8 Å². The van der Waals surface area contributed by atoms with Gasteiger partial charge < -0.3 is 10.2 Å². The van der Waals surface area contributed by atoms with Gasteiger partial charge in [0.2, 0.25) is 5.91 Å². The third-order valence-electron chi connectivity index (χ3n) is 4.44. The van der Waals surface area contributed by atoms with Crippen LogP contribution in [0.4, 0.5) is 0 Å². The monoisotopic (exact) mass is 286 g/mol. The van der Waals surface area contributed by atoms with Crippen LogP contribution in [0.5, 0.6) is 0 Å². The first kappa shape index (κ1) is 14.1. The number of nitrogens with zero attached hydrogens (tertiary/aromatic N) is 1. The molecule has 0 radical (unpaired) electrons. The SMILES string of the molecule is O=C(NCC1CC1)C1CCN(C(=O)c2ccccc2)CC1. The first-order valence-corrected chi connectivity index (χ1v) is 7.86.